The number of benzene rings is 1. The van der Waals surface area contributed by atoms with Gasteiger partial charge in [0.1, 0.15) is 5.82 Å². The van der Waals surface area contributed by atoms with Crippen molar-refractivity contribution in [3.05, 3.63) is 35.9 Å². The van der Waals surface area contributed by atoms with E-state index in [0.717, 1.165) is 54.5 Å². The number of hydrogen-bond acceptors (Lipinski definition) is 4. The molecule has 2 amide bonds. The van der Waals surface area contributed by atoms with Gasteiger partial charge in [-0.15, -0.1) is 22.0 Å². The highest BCUT2D eigenvalue weighted by atomic mass is 32.2. The van der Waals surface area contributed by atoms with Crippen LogP contribution in [-0.2, 0) is 13.0 Å². The van der Waals surface area contributed by atoms with Crippen LogP contribution >= 0.6 is 11.8 Å². The summed E-state index contributed by atoms with van der Waals surface area (Å²) < 4.78 is 2.21. The predicted octanol–water partition coefficient (Wildman–Crippen LogP) is 5.31. The monoisotopic (exact) mass is 413 g/mol. The molecule has 1 aliphatic heterocycles. The summed E-state index contributed by atoms with van der Waals surface area (Å²) in [4.78, 5) is 14.0. The van der Waals surface area contributed by atoms with Gasteiger partial charge in [-0.05, 0) is 44.2 Å². The fraction of sp³-hybridized carbons (Fsp3) is 0.591. The molecule has 2 aliphatic rings. The number of anilines is 1. The van der Waals surface area contributed by atoms with Crippen molar-refractivity contribution < 1.29 is 4.79 Å². The quantitative estimate of drug-likeness (QED) is 0.673. The highest BCUT2D eigenvalue weighted by molar-refractivity contribution is 8.00. The minimum atomic E-state index is -0.178. The molecule has 1 aliphatic carbocycles. The third-order valence-electron chi connectivity index (χ3n) is 5.89. The Balaban J connectivity index is 1.43. The molecule has 1 atom stereocenters. The van der Waals surface area contributed by atoms with E-state index in [-0.39, 0.29) is 12.1 Å². The van der Waals surface area contributed by atoms with E-state index in [9.17, 15) is 4.79 Å². The first-order valence-electron chi connectivity index (χ1n) is 11.0. The minimum Gasteiger partial charge on any atom is -0.328 e. The second kappa shape index (κ2) is 9.65. The number of urea groups is 1. The highest BCUT2D eigenvalue weighted by Gasteiger charge is 2.23. The Bertz CT molecular complexity index is 830. The van der Waals surface area contributed by atoms with Gasteiger partial charge in [0.15, 0.2) is 5.82 Å². The molecule has 0 saturated heterocycles. The fourth-order valence-electron chi connectivity index (χ4n) is 4.29. The van der Waals surface area contributed by atoms with Gasteiger partial charge in [0.25, 0.3) is 0 Å². The van der Waals surface area contributed by atoms with E-state index in [0.29, 0.717) is 5.25 Å². The van der Waals surface area contributed by atoms with Gasteiger partial charge in [0, 0.05) is 23.1 Å². The fourth-order valence-corrected chi connectivity index (χ4v) is 5.62. The lowest BCUT2D eigenvalue weighted by molar-refractivity contribution is 0.247. The van der Waals surface area contributed by atoms with E-state index in [1.54, 1.807) is 0 Å². The average Bonchev–Trinajstić information content (AvgIpc) is 3.32. The first kappa shape index (κ1) is 20.3. The zero-order valence-corrected chi connectivity index (χ0v) is 18.0. The van der Waals surface area contributed by atoms with E-state index < -0.39 is 0 Å². The summed E-state index contributed by atoms with van der Waals surface area (Å²) in [5.74, 6) is 1.93. The van der Waals surface area contributed by atoms with Crippen LogP contribution in [0, 0.1) is 0 Å². The Hall–Kier alpha value is -2.02. The van der Waals surface area contributed by atoms with Crippen LogP contribution in [0.1, 0.15) is 76.0 Å². The van der Waals surface area contributed by atoms with E-state index in [1.807, 2.05) is 30.0 Å². The van der Waals surface area contributed by atoms with E-state index in [4.69, 9.17) is 0 Å². The Morgan fingerprint density at radius 3 is 2.83 bits per heavy atom. The molecule has 2 heterocycles. The Morgan fingerprint density at radius 2 is 2.00 bits per heavy atom. The number of thioether (sulfide) groups is 1. The van der Waals surface area contributed by atoms with Crippen molar-refractivity contribution in [2.75, 3.05) is 5.32 Å². The molecule has 1 saturated carbocycles. The first-order chi connectivity index (χ1) is 14.2. The maximum absolute atomic E-state index is 12.8. The van der Waals surface area contributed by atoms with Crippen molar-refractivity contribution in [3.8, 4) is 0 Å². The molecule has 0 unspecified atom stereocenters. The van der Waals surface area contributed by atoms with Crippen LogP contribution in [0.15, 0.2) is 29.2 Å². The third-order valence-corrected chi connectivity index (χ3v) is 7.31. The highest BCUT2D eigenvalue weighted by Crippen LogP contribution is 2.38. The van der Waals surface area contributed by atoms with Gasteiger partial charge in [0.05, 0.1) is 11.7 Å². The van der Waals surface area contributed by atoms with E-state index >= 15 is 0 Å². The Labute approximate surface area is 177 Å². The minimum absolute atomic E-state index is 0.135. The average molecular weight is 414 g/mol. The van der Waals surface area contributed by atoms with Crippen molar-refractivity contribution in [1.29, 1.82) is 0 Å². The molecule has 6 nitrogen and oxygen atoms in total. The lowest BCUT2D eigenvalue weighted by atomic mass is 10.2. The SMILES string of the molecule is CC[C@H](NC(=O)Nc1ccccc1SC1CCCC1)c1nnc2n1CCCCC2. The molecular formula is C22H31N5OS. The summed E-state index contributed by atoms with van der Waals surface area (Å²) in [5, 5.41) is 15.7. The van der Waals surface area contributed by atoms with Crippen LogP contribution in [0.25, 0.3) is 0 Å². The van der Waals surface area contributed by atoms with E-state index in [1.165, 1.54) is 32.1 Å². The van der Waals surface area contributed by atoms with Crippen molar-refractivity contribution >= 4 is 23.5 Å². The molecule has 2 aromatic rings. The molecule has 1 aromatic heterocycles. The summed E-state index contributed by atoms with van der Waals surface area (Å²) in [5.41, 5.74) is 0.886. The number of para-hydroxylation sites is 1. The van der Waals surface area contributed by atoms with Gasteiger partial charge >= 0.3 is 6.03 Å². The number of amides is 2. The molecule has 7 heteroatoms. The van der Waals surface area contributed by atoms with Crippen molar-refractivity contribution in [2.45, 2.75) is 87.4 Å². The van der Waals surface area contributed by atoms with Crippen molar-refractivity contribution in [2.24, 2.45) is 0 Å². The van der Waals surface area contributed by atoms with Gasteiger partial charge in [0.2, 0.25) is 0 Å². The number of aromatic nitrogens is 3. The number of rotatable bonds is 6. The topological polar surface area (TPSA) is 71.8 Å². The van der Waals surface area contributed by atoms with E-state index in [2.05, 4.69) is 38.4 Å². The molecule has 29 heavy (non-hydrogen) atoms. The standard InChI is InChI=1S/C22H31N5OS/c1-2-17(21-26-25-20-14-4-3-9-15-27(20)21)23-22(28)24-18-12-7-8-13-19(18)29-16-10-5-6-11-16/h7-8,12-13,16-17H,2-6,9-11,14-15H2,1H3,(H2,23,24,28)/t17-/m0/s1. The largest absolute Gasteiger partial charge is 0.328 e. The maximum atomic E-state index is 12.8. The van der Waals surface area contributed by atoms with Gasteiger partial charge in [-0.3, -0.25) is 0 Å². The zero-order chi connectivity index (χ0) is 20.1. The summed E-state index contributed by atoms with van der Waals surface area (Å²) in [6.07, 6.45) is 10.4. The molecule has 0 spiro atoms. The third kappa shape index (κ3) is 4.94. The summed E-state index contributed by atoms with van der Waals surface area (Å²) >= 11 is 1.89. The summed E-state index contributed by atoms with van der Waals surface area (Å²) in [7, 11) is 0. The summed E-state index contributed by atoms with van der Waals surface area (Å²) in [6.45, 7) is 3.02. The van der Waals surface area contributed by atoms with Gasteiger partial charge in [-0.25, -0.2) is 4.79 Å². The lowest BCUT2D eigenvalue weighted by Crippen LogP contribution is -2.34. The molecule has 156 valence electrons. The molecule has 0 bridgehead atoms. The van der Waals surface area contributed by atoms with Gasteiger partial charge in [-0.2, -0.15) is 0 Å². The number of carbonyl (C=O) groups excluding carboxylic acids is 1. The molecule has 1 fully saturated rings. The van der Waals surface area contributed by atoms with Gasteiger partial charge in [-0.1, -0.05) is 38.3 Å². The lowest BCUT2D eigenvalue weighted by Gasteiger charge is -2.19. The molecule has 0 radical (unpaired) electrons. The normalized spacial score (nSPS) is 18.1. The number of hydrogen-bond donors (Lipinski definition) is 2. The second-order valence-corrected chi connectivity index (χ2v) is 9.36. The molecule has 1 aromatic carbocycles. The second-order valence-electron chi connectivity index (χ2n) is 8.02. The number of nitrogens with one attached hydrogen (secondary N) is 2. The van der Waals surface area contributed by atoms with Crippen molar-refractivity contribution in [3.63, 3.8) is 0 Å². The maximum Gasteiger partial charge on any atom is 0.319 e. The van der Waals surface area contributed by atoms with Crippen LogP contribution < -0.4 is 10.6 Å². The van der Waals surface area contributed by atoms with Crippen LogP contribution in [-0.4, -0.2) is 26.0 Å². The van der Waals surface area contributed by atoms with Crippen LogP contribution in [0.4, 0.5) is 10.5 Å². The Morgan fingerprint density at radius 1 is 1.17 bits per heavy atom. The number of aryl methyl sites for hydroxylation is 1. The van der Waals surface area contributed by atoms with Crippen LogP contribution in [0.2, 0.25) is 0 Å². The van der Waals surface area contributed by atoms with Gasteiger partial charge < -0.3 is 15.2 Å². The molecular weight excluding hydrogens is 382 g/mol. The first-order valence-corrected chi connectivity index (χ1v) is 11.9. The summed E-state index contributed by atoms with van der Waals surface area (Å²) in [6, 6.07) is 7.80. The number of fused-ring (bicyclic) bond motifs is 1. The molecule has 2 N–H and O–H groups in total. The number of carbonyl (C=O) groups is 1. The number of nitrogens with zero attached hydrogens (tertiary/aromatic N) is 3. The smallest absolute Gasteiger partial charge is 0.319 e. The zero-order valence-electron chi connectivity index (χ0n) is 17.2. The van der Waals surface area contributed by atoms with Crippen molar-refractivity contribution in [1.82, 2.24) is 20.1 Å². The van der Waals surface area contributed by atoms with Crippen LogP contribution in [0.5, 0.6) is 0 Å². The van der Waals surface area contributed by atoms with Crippen LogP contribution in [0.3, 0.4) is 0 Å². The molecule has 4 rings (SSSR count). The predicted molar refractivity (Wildman–Crippen MR) is 117 cm³/mol. The Kier molecular flexibility index (Phi) is 6.74.